The van der Waals surface area contributed by atoms with Gasteiger partial charge < -0.3 is 15.4 Å². The van der Waals surface area contributed by atoms with Crippen LogP contribution >= 0.6 is 0 Å². The summed E-state index contributed by atoms with van der Waals surface area (Å²) in [6, 6.07) is 9.24. The van der Waals surface area contributed by atoms with Crippen molar-refractivity contribution < 1.29 is 4.74 Å². The van der Waals surface area contributed by atoms with Crippen LogP contribution < -0.4 is 10.6 Å². The van der Waals surface area contributed by atoms with Gasteiger partial charge in [0.2, 0.25) is 5.95 Å². The van der Waals surface area contributed by atoms with E-state index in [1.165, 1.54) is 6.20 Å². The maximum Gasteiger partial charge on any atom is 0.244 e. The standard InChI is InChI=1S/C14H16N6O/c1-21-7-3-6-16-14-19-13(10-17-20-14)18-12-5-2-4-11(8-12)9-15/h2,4-5,8,10H,3,6-7H2,1H3,(H2,16,18,19,20). The van der Waals surface area contributed by atoms with Crippen molar-refractivity contribution in [3.63, 3.8) is 0 Å². The Morgan fingerprint density at radius 2 is 2.29 bits per heavy atom. The van der Waals surface area contributed by atoms with Crippen LogP contribution in [0.3, 0.4) is 0 Å². The Labute approximate surface area is 123 Å². The van der Waals surface area contributed by atoms with Crippen LogP contribution in [0, 0.1) is 11.3 Å². The molecular weight excluding hydrogens is 268 g/mol. The molecular formula is C14H16N6O. The van der Waals surface area contributed by atoms with Gasteiger partial charge in [0.15, 0.2) is 5.82 Å². The molecule has 0 amide bonds. The molecule has 0 atom stereocenters. The molecule has 0 aliphatic carbocycles. The average Bonchev–Trinajstić information content (AvgIpc) is 2.52. The molecule has 21 heavy (non-hydrogen) atoms. The Balaban J connectivity index is 1.98. The molecule has 1 aromatic heterocycles. The van der Waals surface area contributed by atoms with E-state index < -0.39 is 0 Å². The minimum absolute atomic E-state index is 0.451. The topological polar surface area (TPSA) is 95.8 Å². The van der Waals surface area contributed by atoms with Crippen LogP contribution in [0.15, 0.2) is 30.5 Å². The molecule has 7 nitrogen and oxygen atoms in total. The number of methoxy groups -OCH3 is 1. The summed E-state index contributed by atoms with van der Waals surface area (Å²) < 4.78 is 4.97. The minimum Gasteiger partial charge on any atom is -0.385 e. The molecule has 0 unspecified atom stereocenters. The summed E-state index contributed by atoms with van der Waals surface area (Å²) >= 11 is 0. The lowest BCUT2D eigenvalue weighted by Crippen LogP contribution is -2.09. The van der Waals surface area contributed by atoms with Gasteiger partial charge in [-0.3, -0.25) is 0 Å². The van der Waals surface area contributed by atoms with E-state index in [9.17, 15) is 0 Å². The van der Waals surface area contributed by atoms with Crippen molar-refractivity contribution in [2.24, 2.45) is 0 Å². The van der Waals surface area contributed by atoms with Crippen molar-refractivity contribution in [2.75, 3.05) is 30.9 Å². The predicted molar refractivity (Wildman–Crippen MR) is 79.2 cm³/mol. The number of ether oxygens (including phenoxy) is 1. The SMILES string of the molecule is COCCCNc1nncc(Nc2cccc(C#N)c2)n1. The third-order valence-electron chi connectivity index (χ3n) is 2.63. The van der Waals surface area contributed by atoms with Gasteiger partial charge in [0.25, 0.3) is 0 Å². The Hall–Kier alpha value is -2.72. The molecule has 0 saturated carbocycles. The van der Waals surface area contributed by atoms with Crippen molar-refractivity contribution in [1.82, 2.24) is 15.2 Å². The van der Waals surface area contributed by atoms with E-state index in [4.69, 9.17) is 10.00 Å². The molecule has 2 N–H and O–H groups in total. The Morgan fingerprint density at radius 1 is 1.38 bits per heavy atom. The van der Waals surface area contributed by atoms with Gasteiger partial charge in [-0.15, -0.1) is 5.10 Å². The number of anilines is 3. The number of nitriles is 1. The molecule has 2 rings (SSSR count). The molecule has 0 aliphatic rings. The molecule has 0 fully saturated rings. The maximum atomic E-state index is 8.88. The first-order chi connectivity index (χ1) is 10.3. The average molecular weight is 284 g/mol. The van der Waals surface area contributed by atoms with E-state index in [1.54, 1.807) is 25.3 Å². The second kappa shape index (κ2) is 7.77. The summed E-state index contributed by atoms with van der Waals surface area (Å²) in [5, 5.41) is 22.8. The van der Waals surface area contributed by atoms with Crippen molar-refractivity contribution in [2.45, 2.75) is 6.42 Å². The highest BCUT2D eigenvalue weighted by Crippen LogP contribution is 2.15. The van der Waals surface area contributed by atoms with Gasteiger partial charge in [0.05, 0.1) is 17.8 Å². The van der Waals surface area contributed by atoms with Crippen LogP contribution in [0.5, 0.6) is 0 Å². The molecule has 0 bridgehead atoms. The van der Waals surface area contributed by atoms with Crippen LogP contribution in [0.4, 0.5) is 17.5 Å². The Morgan fingerprint density at radius 3 is 3.10 bits per heavy atom. The first-order valence-corrected chi connectivity index (χ1v) is 6.51. The number of rotatable bonds is 7. The zero-order valence-corrected chi connectivity index (χ0v) is 11.7. The highest BCUT2D eigenvalue weighted by molar-refractivity contribution is 5.58. The molecule has 7 heteroatoms. The first-order valence-electron chi connectivity index (χ1n) is 6.51. The third-order valence-corrected chi connectivity index (χ3v) is 2.63. The molecule has 1 aromatic carbocycles. The van der Waals surface area contributed by atoms with Gasteiger partial charge in [0, 0.05) is 25.9 Å². The zero-order valence-electron chi connectivity index (χ0n) is 11.7. The highest BCUT2D eigenvalue weighted by atomic mass is 16.5. The van der Waals surface area contributed by atoms with Gasteiger partial charge in [0.1, 0.15) is 0 Å². The van der Waals surface area contributed by atoms with E-state index in [0.29, 0.717) is 30.5 Å². The third kappa shape index (κ3) is 4.71. The van der Waals surface area contributed by atoms with Crippen LogP contribution in [0.25, 0.3) is 0 Å². The summed E-state index contributed by atoms with van der Waals surface area (Å²) in [6.07, 6.45) is 2.39. The van der Waals surface area contributed by atoms with E-state index in [1.807, 2.05) is 6.07 Å². The Kier molecular flexibility index (Phi) is 5.43. The van der Waals surface area contributed by atoms with Crippen LogP contribution in [0.2, 0.25) is 0 Å². The van der Waals surface area contributed by atoms with Gasteiger partial charge in [-0.25, -0.2) is 0 Å². The number of hydrogen-bond donors (Lipinski definition) is 2. The fourth-order valence-corrected chi connectivity index (χ4v) is 1.67. The number of nitrogens with one attached hydrogen (secondary N) is 2. The molecule has 0 aliphatic heterocycles. The second-order valence-electron chi connectivity index (χ2n) is 4.26. The summed E-state index contributed by atoms with van der Waals surface area (Å²) in [5.74, 6) is 1.02. The molecule has 1 heterocycles. The predicted octanol–water partition coefficient (Wildman–Crippen LogP) is 1.94. The molecule has 0 saturated heterocycles. The quantitative estimate of drug-likeness (QED) is 0.750. The molecule has 0 radical (unpaired) electrons. The van der Waals surface area contributed by atoms with Crippen LogP contribution in [0.1, 0.15) is 12.0 Å². The van der Waals surface area contributed by atoms with Crippen molar-refractivity contribution in [3.05, 3.63) is 36.0 Å². The normalized spacial score (nSPS) is 9.90. The monoisotopic (exact) mass is 284 g/mol. The first kappa shape index (κ1) is 14.7. The van der Waals surface area contributed by atoms with Crippen LogP contribution in [-0.4, -0.2) is 35.4 Å². The van der Waals surface area contributed by atoms with Gasteiger partial charge in [-0.05, 0) is 24.6 Å². The lowest BCUT2D eigenvalue weighted by molar-refractivity contribution is 0.197. The second-order valence-corrected chi connectivity index (χ2v) is 4.26. The summed E-state index contributed by atoms with van der Waals surface area (Å²) in [6.45, 7) is 1.39. The smallest absolute Gasteiger partial charge is 0.244 e. The van der Waals surface area contributed by atoms with E-state index in [2.05, 4.69) is 31.9 Å². The highest BCUT2D eigenvalue weighted by Gasteiger charge is 2.01. The fraction of sp³-hybridized carbons (Fsp3) is 0.286. The lowest BCUT2D eigenvalue weighted by atomic mass is 10.2. The lowest BCUT2D eigenvalue weighted by Gasteiger charge is -2.07. The van der Waals surface area contributed by atoms with Gasteiger partial charge in [-0.2, -0.15) is 15.3 Å². The number of benzene rings is 1. The van der Waals surface area contributed by atoms with E-state index in [0.717, 1.165) is 12.1 Å². The number of aromatic nitrogens is 3. The fourth-order valence-electron chi connectivity index (χ4n) is 1.67. The molecule has 0 spiro atoms. The maximum absolute atomic E-state index is 8.88. The summed E-state index contributed by atoms with van der Waals surface area (Å²) in [5.41, 5.74) is 1.36. The van der Waals surface area contributed by atoms with Crippen molar-refractivity contribution >= 4 is 17.5 Å². The number of hydrogen-bond acceptors (Lipinski definition) is 7. The van der Waals surface area contributed by atoms with Crippen molar-refractivity contribution in [3.8, 4) is 6.07 Å². The zero-order chi connectivity index (χ0) is 14.9. The van der Waals surface area contributed by atoms with E-state index >= 15 is 0 Å². The van der Waals surface area contributed by atoms with Crippen molar-refractivity contribution in [1.29, 1.82) is 5.26 Å². The molecule has 108 valence electrons. The van der Waals surface area contributed by atoms with Gasteiger partial charge >= 0.3 is 0 Å². The van der Waals surface area contributed by atoms with Gasteiger partial charge in [-0.1, -0.05) is 6.07 Å². The Bertz CT molecular complexity index is 625. The van der Waals surface area contributed by atoms with E-state index in [-0.39, 0.29) is 0 Å². The largest absolute Gasteiger partial charge is 0.385 e. The molecule has 2 aromatic rings. The summed E-state index contributed by atoms with van der Waals surface area (Å²) in [4.78, 5) is 4.30. The number of nitrogens with zero attached hydrogens (tertiary/aromatic N) is 4. The minimum atomic E-state index is 0.451. The summed E-state index contributed by atoms with van der Waals surface area (Å²) in [7, 11) is 1.66. The van der Waals surface area contributed by atoms with Crippen LogP contribution in [-0.2, 0) is 4.74 Å².